The van der Waals surface area contributed by atoms with Gasteiger partial charge in [0.25, 0.3) is 0 Å². The molecule has 0 bridgehead atoms. The van der Waals surface area contributed by atoms with E-state index in [1.165, 1.54) is 11.8 Å². The number of aromatic nitrogens is 3. The number of carbonyl (C=O) groups is 1. The second-order valence-corrected chi connectivity index (χ2v) is 8.09. The van der Waals surface area contributed by atoms with E-state index in [9.17, 15) is 4.79 Å². The van der Waals surface area contributed by atoms with Gasteiger partial charge in [0.1, 0.15) is 0 Å². The quantitative estimate of drug-likeness (QED) is 0.602. The molecule has 1 aromatic heterocycles. The minimum atomic E-state index is 0.0729. The molecule has 27 heavy (non-hydrogen) atoms. The van der Waals surface area contributed by atoms with Crippen LogP contribution >= 0.6 is 35.0 Å². The lowest BCUT2D eigenvalue weighted by Crippen LogP contribution is -2.13. The standard InChI is InChI=1S/C19H16Cl2N4OS/c20-14-9-5-12(6-10-14)11-25-19(23-18(21)24-25)27-16-4-2-1-3-15(16)22-17(26)13-7-8-13/h1-6,9-10,13H,7-8,11H2,(H,22,26). The molecule has 0 unspecified atom stereocenters. The summed E-state index contributed by atoms with van der Waals surface area (Å²) in [5.74, 6) is 0.217. The molecular weight excluding hydrogens is 403 g/mol. The van der Waals surface area contributed by atoms with Crippen LogP contribution in [0.25, 0.3) is 0 Å². The molecule has 1 aliphatic carbocycles. The number of carbonyl (C=O) groups excluding carboxylic acids is 1. The van der Waals surface area contributed by atoms with Gasteiger partial charge >= 0.3 is 0 Å². The molecule has 4 rings (SSSR count). The van der Waals surface area contributed by atoms with Crippen LogP contribution in [0.5, 0.6) is 0 Å². The number of nitrogens with zero attached hydrogens (tertiary/aromatic N) is 3. The molecule has 0 aliphatic heterocycles. The van der Waals surface area contributed by atoms with Gasteiger partial charge in [0.15, 0.2) is 5.16 Å². The number of hydrogen-bond acceptors (Lipinski definition) is 4. The van der Waals surface area contributed by atoms with Crippen molar-refractivity contribution in [1.29, 1.82) is 0 Å². The van der Waals surface area contributed by atoms with Crippen molar-refractivity contribution in [2.45, 2.75) is 29.4 Å². The fourth-order valence-electron chi connectivity index (χ4n) is 2.58. The fourth-order valence-corrected chi connectivity index (χ4v) is 3.84. The summed E-state index contributed by atoms with van der Waals surface area (Å²) in [6.45, 7) is 0.524. The average molecular weight is 419 g/mol. The smallest absolute Gasteiger partial charge is 0.243 e. The van der Waals surface area contributed by atoms with Crippen molar-refractivity contribution < 1.29 is 4.79 Å². The van der Waals surface area contributed by atoms with Crippen LogP contribution < -0.4 is 5.32 Å². The lowest BCUT2D eigenvalue weighted by molar-refractivity contribution is -0.117. The van der Waals surface area contributed by atoms with Gasteiger partial charge in [-0.1, -0.05) is 35.9 Å². The Hall–Kier alpha value is -2.02. The van der Waals surface area contributed by atoms with Gasteiger partial charge in [0, 0.05) is 15.8 Å². The van der Waals surface area contributed by atoms with Gasteiger partial charge in [0.2, 0.25) is 11.2 Å². The number of rotatable bonds is 6. The SMILES string of the molecule is O=C(Nc1ccccc1Sc1nc(Cl)nn1Cc1ccc(Cl)cc1)C1CC1. The zero-order valence-electron chi connectivity index (χ0n) is 14.2. The summed E-state index contributed by atoms with van der Waals surface area (Å²) in [7, 11) is 0. The molecule has 138 valence electrons. The van der Waals surface area contributed by atoms with Gasteiger partial charge < -0.3 is 5.32 Å². The molecule has 1 saturated carbocycles. The third-order valence-corrected chi connectivity index (χ3v) is 5.62. The highest BCUT2D eigenvalue weighted by Crippen LogP contribution is 2.35. The molecule has 1 amide bonds. The van der Waals surface area contributed by atoms with Crippen molar-refractivity contribution in [1.82, 2.24) is 14.8 Å². The normalized spacial score (nSPS) is 13.6. The number of halogens is 2. The second kappa shape index (κ2) is 7.92. The predicted molar refractivity (Wildman–Crippen MR) is 108 cm³/mol. The summed E-state index contributed by atoms with van der Waals surface area (Å²) >= 11 is 13.4. The van der Waals surface area contributed by atoms with Crippen LogP contribution in [0.4, 0.5) is 5.69 Å². The van der Waals surface area contributed by atoms with Crippen molar-refractivity contribution in [2.75, 3.05) is 5.32 Å². The van der Waals surface area contributed by atoms with Gasteiger partial charge in [0.05, 0.1) is 12.2 Å². The highest BCUT2D eigenvalue weighted by molar-refractivity contribution is 7.99. The fraction of sp³-hybridized carbons (Fsp3) is 0.211. The molecule has 3 aromatic rings. The maximum atomic E-state index is 12.1. The van der Waals surface area contributed by atoms with Crippen molar-refractivity contribution >= 4 is 46.6 Å². The molecule has 0 radical (unpaired) electrons. The van der Waals surface area contributed by atoms with E-state index in [0.29, 0.717) is 16.7 Å². The molecule has 1 N–H and O–H groups in total. The van der Waals surface area contributed by atoms with E-state index in [1.807, 2.05) is 48.5 Å². The Morgan fingerprint density at radius 3 is 2.63 bits per heavy atom. The Morgan fingerprint density at radius 1 is 1.15 bits per heavy atom. The minimum Gasteiger partial charge on any atom is -0.325 e. The number of benzene rings is 2. The van der Waals surface area contributed by atoms with E-state index in [0.717, 1.165) is 29.0 Å². The van der Waals surface area contributed by atoms with Gasteiger partial charge in [-0.2, -0.15) is 4.98 Å². The number of para-hydroxylation sites is 1. The molecule has 1 aliphatic rings. The first-order valence-electron chi connectivity index (χ1n) is 8.51. The minimum absolute atomic E-state index is 0.0729. The Kier molecular flexibility index (Phi) is 5.38. The third-order valence-electron chi connectivity index (χ3n) is 4.15. The van der Waals surface area contributed by atoms with Crippen molar-refractivity contribution in [3.05, 3.63) is 64.4 Å². The Morgan fingerprint density at radius 2 is 1.89 bits per heavy atom. The average Bonchev–Trinajstić information content (AvgIpc) is 3.44. The van der Waals surface area contributed by atoms with Crippen LogP contribution in [-0.2, 0) is 11.3 Å². The molecule has 1 heterocycles. The van der Waals surface area contributed by atoms with E-state index >= 15 is 0 Å². The molecule has 0 saturated heterocycles. The summed E-state index contributed by atoms with van der Waals surface area (Å²) in [5, 5.41) is 8.82. The zero-order chi connectivity index (χ0) is 18.8. The van der Waals surface area contributed by atoms with Crippen LogP contribution in [0.15, 0.2) is 58.6 Å². The number of amides is 1. The topological polar surface area (TPSA) is 59.8 Å². The number of anilines is 1. The molecule has 2 aromatic carbocycles. The zero-order valence-corrected chi connectivity index (χ0v) is 16.6. The third kappa shape index (κ3) is 4.64. The molecule has 0 atom stereocenters. The first-order valence-corrected chi connectivity index (χ1v) is 10.1. The Bertz CT molecular complexity index is 970. The number of hydrogen-bond donors (Lipinski definition) is 1. The molecule has 1 fully saturated rings. The van der Waals surface area contributed by atoms with E-state index in [-0.39, 0.29) is 17.1 Å². The van der Waals surface area contributed by atoms with E-state index in [2.05, 4.69) is 15.4 Å². The summed E-state index contributed by atoms with van der Waals surface area (Å²) in [6.07, 6.45) is 1.93. The van der Waals surface area contributed by atoms with Crippen LogP contribution in [0, 0.1) is 5.92 Å². The largest absolute Gasteiger partial charge is 0.325 e. The van der Waals surface area contributed by atoms with Crippen molar-refractivity contribution in [2.24, 2.45) is 5.92 Å². The van der Waals surface area contributed by atoms with E-state index in [1.54, 1.807) is 4.68 Å². The van der Waals surface area contributed by atoms with Crippen molar-refractivity contribution in [3.63, 3.8) is 0 Å². The van der Waals surface area contributed by atoms with E-state index in [4.69, 9.17) is 23.2 Å². The highest BCUT2D eigenvalue weighted by Gasteiger charge is 2.30. The van der Waals surface area contributed by atoms with E-state index < -0.39 is 0 Å². The van der Waals surface area contributed by atoms with Crippen LogP contribution in [0.2, 0.25) is 10.3 Å². The first kappa shape index (κ1) is 18.3. The first-order chi connectivity index (χ1) is 13.1. The summed E-state index contributed by atoms with van der Waals surface area (Å²) in [5.41, 5.74) is 1.81. The summed E-state index contributed by atoms with van der Waals surface area (Å²) < 4.78 is 1.75. The van der Waals surface area contributed by atoms with Crippen LogP contribution in [0.3, 0.4) is 0 Å². The molecular formula is C19H16Cl2N4OS. The lowest BCUT2D eigenvalue weighted by atomic mass is 10.2. The Balaban J connectivity index is 1.56. The van der Waals surface area contributed by atoms with Crippen molar-refractivity contribution in [3.8, 4) is 0 Å². The van der Waals surface area contributed by atoms with Gasteiger partial charge in [-0.3, -0.25) is 4.79 Å². The predicted octanol–water partition coefficient (Wildman–Crippen LogP) is 5.13. The summed E-state index contributed by atoms with van der Waals surface area (Å²) in [4.78, 5) is 17.4. The molecule has 8 heteroatoms. The Labute approximate surface area is 171 Å². The van der Waals surface area contributed by atoms with Gasteiger partial charge in [-0.25, -0.2) is 4.68 Å². The second-order valence-electron chi connectivity index (χ2n) is 6.31. The maximum Gasteiger partial charge on any atom is 0.243 e. The molecule has 5 nitrogen and oxygen atoms in total. The highest BCUT2D eigenvalue weighted by atomic mass is 35.5. The summed E-state index contributed by atoms with van der Waals surface area (Å²) in [6, 6.07) is 15.2. The number of nitrogens with one attached hydrogen (secondary N) is 1. The molecule has 0 spiro atoms. The van der Waals surface area contributed by atoms with Crippen LogP contribution in [-0.4, -0.2) is 20.7 Å². The van der Waals surface area contributed by atoms with Gasteiger partial charge in [-0.05, 0) is 66.0 Å². The maximum absolute atomic E-state index is 12.1. The lowest BCUT2D eigenvalue weighted by Gasteiger charge is -2.11. The van der Waals surface area contributed by atoms with Gasteiger partial charge in [-0.15, -0.1) is 5.10 Å². The monoisotopic (exact) mass is 418 g/mol. The van der Waals surface area contributed by atoms with Crippen LogP contribution in [0.1, 0.15) is 18.4 Å².